The van der Waals surface area contributed by atoms with E-state index in [2.05, 4.69) is 94.1 Å². The standard InChI is InChI=1S/C27H45N3O2Si/c1-9-28(8)14-13-22-16-30(33(19(2)3,20(4)5)21(6)7)25-11-10-12-26(27(22)25)32-29-17-24-15-23(29)18-31-24/h10-12,16,19-21,23-24H,9,13-15,17-18H2,1-8H3/t23-,24-/m0/s1. The van der Waals surface area contributed by atoms with Crippen molar-refractivity contribution >= 4 is 19.1 Å². The summed E-state index contributed by atoms with van der Waals surface area (Å²) in [5.41, 5.74) is 4.74. The fraction of sp³-hybridized carbons (Fsp3) is 0.704. The molecule has 4 rings (SSSR count). The Bertz CT molecular complexity index is 932. The van der Waals surface area contributed by atoms with Gasteiger partial charge >= 0.3 is 0 Å². The second-order valence-corrected chi connectivity index (χ2v) is 16.9. The Morgan fingerprint density at radius 1 is 1.12 bits per heavy atom. The van der Waals surface area contributed by atoms with Crippen LogP contribution in [0, 0.1) is 0 Å². The van der Waals surface area contributed by atoms with Gasteiger partial charge in [0.25, 0.3) is 0 Å². The molecule has 2 saturated heterocycles. The minimum absolute atomic E-state index is 0.333. The molecule has 2 aromatic rings. The van der Waals surface area contributed by atoms with Crippen LogP contribution in [0.15, 0.2) is 24.4 Å². The van der Waals surface area contributed by atoms with Gasteiger partial charge in [-0.2, -0.15) is 0 Å². The first kappa shape index (κ1) is 24.8. The lowest BCUT2D eigenvalue weighted by molar-refractivity contribution is -0.121. The molecule has 0 spiro atoms. The average Bonchev–Trinajstić information content (AvgIpc) is 3.47. The van der Waals surface area contributed by atoms with E-state index in [1.165, 1.54) is 16.5 Å². The van der Waals surface area contributed by atoms with Gasteiger partial charge in [0.15, 0.2) is 14.0 Å². The number of fused-ring (bicyclic) bond motifs is 3. The molecular weight excluding hydrogens is 426 g/mol. The minimum atomic E-state index is -1.88. The van der Waals surface area contributed by atoms with Crippen molar-refractivity contribution in [2.75, 3.05) is 33.3 Å². The van der Waals surface area contributed by atoms with Crippen molar-refractivity contribution in [3.05, 3.63) is 30.0 Å². The van der Waals surface area contributed by atoms with Crippen molar-refractivity contribution in [1.82, 2.24) is 14.2 Å². The largest absolute Gasteiger partial charge is 0.405 e. The zero-order chi connectivity index (χ0) is 23.9. The van der Waals surface area contributed by atoms with E-state index in [4.69, 9.17) is 9.57 Å². The van der Waals surface area contributed by atoms with Crippen LogP contribution in [-0.4, -0.2) is 67.9 Å². The van der Waals surface area contributed by atoms with E-state index in [0.29, 0.717) is 28.8 Å². The van der Waals surface area contributed by atoms with E-state index < -0.39 is 8.24 Å². The van der Waals surface area contributed by atoms with Crippen LogP contribution < -0.4 is 4.84 Å². The molecule has 6 heteroatoms. The van der Waals surface area contributed by atoms with Crippen molar-refractivity contribution in [2.45, 2.75) is 90.1 Å². The molecule has 3 heterocycles. The highest BCUT2D eigenvalue weighted by atomic mass is 28.3. The molecule has 0 aliphatic carbocycles. The van der Waals surface area contributed by atoms with E-state index in [1.54, 1.807) is 0 Å². The Morgan fingerprint density at radius 3 is 2.36 bits per heavy atom. The summed E-state index contributed by atoms with van der Waals surface area (Å²) in [4.78, 5) is 9.05. The lowest BCUT2D eigenvalue weighted by Crippen LogP contribution is -2.51. The summed E-state index contributed by atoms with van der Waals surface area (Å²) in [7, 11) is 0.337. The zero-order valence-corrected chi connectivity index (χ0v) is 23.1. The summed E-state index contributed by atoms with van der Waals surface area (Å²) in [5, 5.41) is 3.50. The smallest absolute Gasteiger partial charge is 0.169 e. The van der Waals surface area contributed by atoms with Crippen LogP contribution >= 0.6 is 0 Å². The molecule has 2 atom stereocenters. The third-order valence-corrected chi connectivity index (χ3v) is 15.2. The number of hydrogen-bond donors (Lipinski definition) is 0. The Kier molecular flexibility index (Phi) is 7.30. The summed E-state index contributed by atoms with van der Waals surface area (Å²) in [6.45, 7) is 20.7. The molecule has 0 unspecified atom stereocenters. The molecule has 1 aromatic carbocycles. The highest BCUT2D eigenvalue weighted by Crippen LogP contribution is 2.46. The van der Waals surface area contributed by atoms with Gasteiger partial charge in [-0.1, -0.05) is 54.5 Å². The SMILES string of the molecule is CCN(C)CCc1cn([Si](C(C)C)(C(C)C)C(C)C)c2cccc(ON3C[C@@H]4C[C@H]3CO4)c12. The fourth-order valence-electron chi connectivity index (χ4n) is 6.83. The van der Waals surface area contributed by atoms with Gasteiger partial charge < -0.3 is 18.7 Å². The minimum Gasteiger partial charge on any atom is -0.405 e. The van der Waals surface area contributed by atoms with E-state index >= 15 is 0 Å². The predicted molar refractivity (Wildman–Crippen MR) is 141 cm³/mol. The van der Waals surface area contributed by atoms with Gasteiger partial charge in [-0.05, 0) is 67.0 Å². The second-order valence-electron chi connectivity index (χ2n) is 11.2. The second kappa shape index (κ2) is 9.72. The number of nitrogens with zero attached hydrogens (tertiary/aromatic N) is 3. The maximum Gasteiger partial charge on any atom is 0.169 e. The summed E-state index contributed by atoms with van der Waals surface area (Å²) < 4.78 is 8.57. The molecule has 2 aliphatic heterocycles. The van der Waals surface area contributed by atoms with Gasteiger partial charge in [-0.3, -0.25) is 0 Å². The number of aromatic nitrogens is 1. The van der Waals surface area contributed by atoms with Gasteiger partial charge in [-0.25, -0.2) is 0 Å². The molecule has 2 aliphatic rings. The third-order valence-electron chi connectivity index (χ3n) is 8.43. The van der Waals surface area contributed by atoms with E-state index in [-0.39, 0.29) is 0 Å². The summed E-state index contributed by atoms with van der Waals surface area (Å²) >= 11 is 0. The number of rotatable bonds is 10. The number of ether oxygens (including phenoxy) is 1. The first-order valence-electron chi connectivity index (χ1n) is 13.1. The van der Waals surface area contributed by atoms with Gasteiger partial charge in [0.2, 0.25) is 0 Å². The molecule has 5 nitrogen and oxygen atoms in total. The van der Waals surface area contributed by atoms with Crippen molar-refractivity contribution in [3.8, 4) is 5.75 Å². The number of morpholine rings is 1. The molecule has 0 N–H and O–H groups in total. The van der Waals surface area contributed by atoms with Crippen molar-refractivity contribution in [3.63, 3.8) is 0 Å². The van der Waals surface area contributed by atoms with Crippen LogP contribution in [0.25, 0.3) is 10.9 Å². The average molecular weight is 472 g/mol. The normalized spacial score (nSPS) is 21.6. The predicted octanol–water partition coefficient (Wildman–Crippen LogP) is 5.93. The van der Waals surface area contributed by atoms with E-state index in [0.717, 1.165) is 44.8 Å². The van der Waals surface area contributed by atoms with Crippen molar-refractivity contribution < 1.29 is 9.57 Å². The topological polar surface area (TPSA) is 29.9 Å². The summed E-state index contributed by atoms with van der Waals surface area (Å²) in [6.07, 6.45) is 4.99. The Hall–Kier alpha value is -1.34. The Morgan fingerprint density at radius 2 is 1.82 bits per heavy atom. The lowest BCUT2D eigenvalue weighted by atomic mass is 10.1. The monoisotopic (exact) mass is 471 g/mol. The first-order chi connectivity index (χ1) is 15.7. The van der Waals surface area contributed by atoms with Gasteiger partial charge in [-0.15, -0.1) is 5.06 Å². The molecule has 184 valence electrons. The molecule has 1 aromatic heterocycles. The number of hydrogen-bond acceptors (Lipinski definition) is 4. The van der Waals surface area contributed by atoms with Gasteiger partial charge in [0.05, 0.1) is 25.3 Å². The van der Waals surface area contributed by atoms with Crippen LogP contribution in [0.5, 0.6) is 5.75 Å². The van der Waals surface area contributed by atoms with E-state index in [9.17, 15) is 0 Å². The number of hydroxylamine groups is 2. The lowest BCUT2D eigenvalue weighted by Gasteiger charge is -2.44. The number of likely N-dealkylation sites (N-methyl/N-ethyl adjacent to an activating group) is 1. The molecule has 2 fully saturated rings. The van der Waals surface area contributed by atoms with Crippen LogP contribution in [-0.2, 0) is 11.2 Å². The molecular formula is C27H45N3O2Si. The van der Waals surface area contributed by atoms with Gasteiger partial charge in [0.1, 0.15) is 0 Å². The maximum atomic E-state index is 6.65. The fourth-order valence-corrected chi connectivity index (χ4v) is 13.5. The molecule has 0 radical (unpaired) electrons. The molecule has 0 amide bonds. The summed E-state index contributed by atoms with van der Waals surface area (Å²) in [5.74, 6) is 1.02. The Labute approximate surface area is 202 Å². The van der Waals surface area contributed by atoms with Gasteiger partial charge in [0, 0.05) is 17.4 Å². The van der Waals surface area contributed by atoms with Crippen LogP contribution in [0.4, 0.5) is 0 Å². The van der Waals surface area contributed by atoms with Crippen LogP contribution in [0.1, 0.15) is 60.5 Å². The van der Waals surface area contributed by atoms with Crippen molar-refractivity contribution in [2.24, 2.45) is 0 Å². The molecule has 0 saturated carbocycles. The first-order valence-corrected chi connectivity index (χ1v) is 15.3. The molecule has 2 bridgehead atoms. The maximum absolute atomic E-state index is 6.65. The van der Waals surface area contributed by atoms with Crippen LogP contribution in [0.3, 0.4) is 0 Å². The highest BCUT2D eigenvalue weighted by molar-refractivity contribution is 6.82. The highest BCUT2D eigenvalue weighted by Gasteiger charge is 2.46. The quantitative estimate of drug-likeness (QED) is 0.402. The third kappa shape index (κ3) is 4.28. The van der Waals surface area contributed by atoms with Crippen LogP contribution in [0.2, 0.25) is 16.6 Å². The van der Waals surface area contributed by atoms with Crippen molar-refractivity contribution in [1.29, 1.82) is 0 Å². The number of benzene rings is 1. The molecule has 33 heavy (non-hydrogen) atoms. The Balaban J connectivity index is 1.84. The zero-order valence-electron chi connectivity index (χ0n) is 22.1. The summed E-state index contributed by atoms with van der Waals surface area (Å²) in [6, 6.07) is 7.10. The van der Waals surface area contributed by atoms with E-state index in [1.807, 2.05) is 0 Å².